The lowest BCUT2D eigenvalue weighted by atomic mass is 9.91. The minimum absolute atomic E-state index is 0.146. The third-order valence-corrected chi connectivity index (χ3v) is 4.73. The predicted octanol–water partition coefficient (Wildman–Crippen LogP) is 3.79. The van der Waals surface area contributed by atoms with Crippen molar-refractivity contribution in [2.45, 2.75) is 57.0 Å². The fourth-order valence-electron chi connectivity index (χ4n) is 3.26. The molecular formula is C18H24N4O2. The monoisotopic (exact) mass is 328 g/mol. The number of amides is 1. The van der Waals surface area contributed by atoms with E-state index in [2.05, 4.69) is 39.8 Å². The van der Waals surface area contributed by atoms with Crippen LogP contribution in [-0.2, 0) is 11.2 Å². The molecule has 1 aliphatic carbocycles. The molecule has 6 heteroatoms. The number of ether oxygens (including phenoxy) is 1. The molecule has 0 saturated heterocycles. The molecule has 128 valence electrons. The Morgan fingerprint density at radius 3 is 2.79 bits per heavy atom. The van der Waals surface area contributed by atoms with Crippen LogP contribution in [0.5, 0.6) is 0 Å². The Hall–Kier alpha value is -2.24. The first kappa shape index (κ1) is 16.6. The van der Waals surface area contributed by atoms with Gasteiger partial charge in [0.1, 0.15) is 6.61 Å². The third kappa shape index (κ3) is 4.19. The van der Waals surface area contributed by atoms with Crippen molar-refractivity contribution in [3.05, 3.63) is 35.4 Å². The molecule has 1 aliphatic heterocycles. The van der Waals surface area contributed by atoms with Gasteiger partial charge in [-0.05, 0) is 36.1 Å². The van der Waals surface area contributed by atoms with Crippen molar-refractivity contribution in [2.24, 2.45) is 15.4 Å². The van der Waals surface area contributed by atoms with Gasteiger partial charge in [0.05, 0.1) is 6.21 Å². The average Bonchev–Trinajstić information content (AvgIpc) is 3.05. The predicted molar refractivity (Wildman–Crippen MR) is 92.3 cm³/mol. The molecule has 0 spiro atoms. The van der Waals surface area contributed by atoms with Gasteiger partial charge in [-0.1, -0.05) is 43.5 Å². The molecule has 2 aliphatic rings. The molecule has 24 heavy (non-hydrogen) atoms. The third-order valence-electron chi connectivity index (χ3n) is 4.73. The van der Waals surface area contributed by atoms with Crippen LogP contribution < -0.4 is 5.32 Å². The first-order valence-corrected chi connectivity index (χ1v) is 8.61. The van der Waals surface area contributed by atoms with Crippen molar-refractivity contribution in [3.8, 4) is 0 Å². The molecule has 1 amide bonds. The van der Waals surface area contributed by atoms with E-state index < -0.39 is 5.54 Å². The minimum atomic E-state index is -0.698. The smallest absolute Gasteiger partial charge is 0.407 e. The number of aryl methyl sites for hydroxylation is 1. The zero-order valence-electron chi connectivity index (χ0n) is 14.1. The maximum atomic E-state index is 12.1. The van der Waals surface area contributed by atoms with Crippen LogP contribution in [-0.4, -0.2) is 30.5 Å². The first-order chi connectivity index (χ1) is 11.7. The Morgan fingerprint density at radius 2 is 2.08 bits per heavy atom. The van der Waals surface area contributed by atoms with Gasteiger partial charge in [0.2, 0.25) is 0 Å². The maximum Gasteiger partial charge on any atom is 0.407 e. The number of hydrogen-bond donors (Lipinski definition) is 1. The molecule has 1 N–H and O–H groups in total. The summed E-state index contributed by atoms with van der Waals surface area (Å²) in [6.07, 6.45) is 7.57. The highest BCUT2D eigenvalue weighted by atomic mass is 16.5. The lowest BCUT2D eigenvalue weighted by Gasteiger charge is -2.25. The second-order valence-corrected chi connectivity index (χ2v) is 6.70. The van der Waals surface area contributed by atoms with Crippen LogP contribution in [0.3, 0.4) is 0 Å². The molecule has 1 aromatic carbocycles. The van der Waals surface area contributed by atoms with Gasteiger partial charge in [0, 0.05) is 12.5 Å². The zero-order chi connectivity index (χ0) is 16.8. The van der Waals surface area contributed by atoms with E-state index in [4.69, 9.17) is 4.74 Å². The van der Waals surface area contributed by atoms with E-state index in [-0.39, 0.29) is 18.7 Å². The van der Waals surface area contributed by atoms with E-state index in [9.17, 15) is 4.79 Å². The van der Waals surface area contributed by atoms with Crippen molar-refractivity contribution in [1.82, 2.24) is 5.32 Å². The molecule has 0 bridgehead atoms. The maximum absolute atomic E-state index is 12.1. The Morgan fingerprint density at radius 1 is 1.29 bits per heavy atom. The summed E-state index contributed by atoms with van der Waals surface area (Å²) in [6, 6.07) is 8.35. The molecule has 6 nitrogen and oxygen atoms in total. The standard InChI is InChI=1S/C18H24N4O2/c1-14-7-5-6-8-15(14)11-18(12-19-22-21-18)13-24-17(23)20-16-9-3-2-4-10-16/h5-8,12,16H,2-4,9-11,13H2,1H3,(H,20,23). The van der Waals surface area contributed by atoms with Gasteiger partial charge in [-0.25, -0.2) is 4.79 Å². The summed E-state index contributed by atoms with van der Waals surface area (Å²) < 4.78 is 5.45. The molecule has 1 heterocycles. The molecule has 1 aromatic rings. The van der Waals surface area contributed by atoms with E-state index in [0.29, 0.717) is 6.42 Å². The van der Waals surface area contributed by atoms with Gasteiger partial charge in [0.15, 0.2) is 5.54 Å². The van der Waals surface area contributed by atoms with Crippen molar-refractivity contribution in [2.75, 3.05) is 6.61 Å². The number of nitrogens with one attached hydrogen (secondary N) is 1. The summed E-state index contributed by atoms with van der Waals surface area (Å²) in [5.41, 5.74) is 1.64. The SMILES string of the molecule is Cc1ccccc1CC1(COC(=O)NC2CCCCC2)C=NN=N1. The quantitative estimate of drug-likeness (QED) is 0.893. The summed E-state index contributed by atoms with van der Waals surface area (Å²) >= 11 is 0. The largest absolute Gasteiger partial charge is 0.446 e. The van der Waals surface area contributed by atoms with Crippen molar-refractivity contribution in [3.63, 3.8) is 0 Å². The molecule has 0 aromatic heterocycles. The second-order valence-electron chi connectivity index (χ2n) is 6.70. The van der Waals surface area contributed by atoms with Crippen LogP contribution in [0.4, 0.5) is 4.79 Å². The number of alkyl carbamates (subject to hydrolysis) is 1. The van der Waals surface area contributed by atoms with Crippen LogP contribution in [0.2, 0.25) is 0 Å². The fourth-order valence-corrected chi connectivity index (χ4v) is 3.26. The number of carbonyl (C=O) groups excluding carboxylic acids is 1. The second kappa shape index (κ2) is 7.55. The lowest BCUT2D eigenvalue weighted by molar-refractivity contribution is 0.125. The molecule has 1 fully saturated rings. The number of rotatable bonds is 5. The fraction of sp³-hybridized carbons (Fsp3) is 0.556. The van der Waals surface area contributed by atoms with E-state index in [1.807, 2.05) is 12.1 Å². The van der Waals surface area contributed by atoms with Crippen molar-refractivity contribution >= 4 is 12.3 Å². The van der Waals surface area contributed by atoms with Gasteiger partial charge in [0.25, 0.3) is 0 Å². The van der Waals surface area contributed by atoms with Gasteiger partial charge in [-0.3, -0.25) is 0 Å². The van der Waals surface area contributed by atoms with Crippen LogP contribution in [0.25, 0.3) is 0 Å². The molecule has 0 radical (unpaired) electrons. The van der Waals surface area contributed by atoms with E-state index in [1.165, 1.54) is 24.8 Å². The lowest BCUT2D eigenvalue weighted by Crippen LogP contribution is -2.41. The summed E-state index contributed by atoms with van der Waals surface area (Å²) in [4.78, 5) is 12.1. The van der Waals surface area contributed by atoms with Gasteiger partial charge in [-0.2, -0.15) is 5.11 Å². The Labute approximate surface area is 142 Å². The van der Waals surface area contributed by atoms with E-state index >= 15 is 0 Å². The summed E-state index contributed by atoms with van der Waals surface area (Å²) in [6.45, 7) is 2.20. The number of hydrogen-bond acceptors (Lipinski definition) is 5. The topological polar surface area (TPSA) is 75.4 Å². The number of carbonyl (C=O) groups is 1. The Bertz CT molecular complexity index is 624. The highest BCUT2D eigenvalue weighted by molar-refractivity contribution is 5.74. The van der Waals surface area contributed by atoms with Crippen molar-refractivity contribution in [1.29, 1.82) is 0 Å². The molecule has 1 unspecified atom stereocenters. The summed E-state index contributed by atoms with van der Waals surface area (Å²) in [5.74, 6) is 0. The van der Waals surface area contributed by atoms with Crippen LogP contribution in [0, 0.1) is 6.92 Å². The van der Waals surface area contributed by atoms with Gasteiger partial charge in [-0.15, -0.1) is 5.10 Å². The van der Waals surface area contributed by atoms with Crippen molar-refractivity contribution < 1.29 is 9.53 Å². The zero-order valence-corrected chi connectivity index (χ0v) is 14.1. The molecular weight excluding hydrogens is 304 g/mol. The summed E-state index contributed by atoms with van der Waals surface area (Å²) in [7, 11) is 0. The van der Waals surface area contributed by atoms with Gasteiger partial charge >= 0.3 is 6.09 Å². The van der Waals surface area contributed by atoms with Crippen LogP contribution >= 0.6 is 0 Å². The van der Waals surface area contributed by atoms with Crippen LogP contribution in [0.15, 0.2) is 39.7 Å². The van der Waals surface area contributed by atoms with Gasteiger partial charge < -0.3 is 10.1 Å². The Kier molecular flexibility index (Phi) is 5.23. The number of nitrogens with zero attached hydrogens (tertiary/aromatic N) is 3. The minimum Gasteiger partial charge on any atom is -0.446 e. The van der Waals surface area contributed by atoms with Crippen LogP contribution in [0.1, 0.15) is 43.2 Å². The normalized spacial score (nSPS) is 23.4. The molecule has 3 rings (SSSR count). The molecule has 1 atom stereocenters. The highest BCUT2D eigenvalue weighted by Gasteiger charge is 2.34. The van der Waals surface area contributed by atoms with E-state index in [1.54, 1.807) is 6.21 Å². The van der Waals surface area contributed by atoms with E-state index in [0.717, 1.165) is 18.4 Å². The first-order valence-electron chi connectivity index (χ1n) is 8.61. The summed E-state index contributed by atoms with van der Waals surface area (Å²) in [5, 5.41) is 14.8. The highest BCUT2D eigenvalue weighted by Crippen LogP contribution is 2.23. The average molecular weight is 328 g/mol. The number of benzene rings is 1. The molecule has 1 saturated carbocycles. The Balaban J connectivity index is 1.58.